The van der Waals surface area contributed by atoms with Crippen molar-refractivity contribution in [3.05, 3.63) is 106 Å². The third-order valence-electron chi connectivity index (χ3n) is 5.17. The van der Waals surface area contributed by atoms with Crippen LogP contribution in [-0.2, 0) is 6.42 Å². The van der Waals surface area contributed by atoms with Crippen LogP contribution in [0.1, 0.15) is 50.7 Å². The summed E-state index contributed by atoms with van der Waals surface area (Å²) < 4.78 is 14.2. The molecule has 2 aromatic heterocycles. The van der Waals surface area contributed by atoms with Crippen LogP contribution >= 0.6 is 11.3 Å². The van der Waals surface area contributed by atoms with Gasteiger partial charge in [0.1, 0.15) is 10.8 Å². The molecule has 0 aliphatic carbocycles. The maximum Gasteiger partial charge on any atom is 0.256 e. The highest BCUT2D eigenvalue weighted by molar-refractivity contribution is 7.16. The average molecular weight is 461 g/mol. The molecule has 4 aromatic rings. The van der Waals surface area contributed by atoms with Crippen molar-refractivity contribution in [3.63, 3.8) is 0 Å². The van der Waals surface area contributed by atoms with Gasteiger partial charge in [-0.15, -0.1) is 11.3 Å². The summed E-state index contributed by atoms with van der Waals surface area (Å²) in [5.74, 6) is -0.0743. The lowest BCUT2D eigenvalue weighted by atomic mass is 9.99. The zero-order chi connectivity index (χ0) is 23.4. The number of carbonyl (C=O) groups is 1. The van der Waals surface area contributed by atoms with E-state index in [4.69, 9.17) is 0 Å². The van der Waals surface area contributed by atoms with E-state index in [1.165, 1.54) is 23.5 Å². The van der Waals surface area contributed by atoms with E-state index in [0.29, 0.717) is 22.1 Å². The molecule has 0 aliphatic heterocycles. The van der Waals surface area contributed by atoms with Gasteiger partial charge in [-0.1, -0.05) is 37.3 Å². The molecule has 0 spiro atoms. The van der Waals surface area contributed by atoms with E-state index in [0.717, 1.165) is 28.2 Å². The number of aryl methyl sites for hydroxylation is 3. The Balaban J connectivity index is 1.77. The molecular weight excluding hydrogens is 435 g/mol. The first-order valence-corrected chi connectivity index (χ1v) is 11.6. The minimum atomic E-state index is -0.454. The Morgan fingerprint density at radius 2 is 1.73 bits per heavy atom. The van der Waals surface area contributed by atoms with E-state index >= 15 is 0 Å². The molecule has 7 heteroatoms. The normalized spacial score (nSPS) is 11.8. The van der Waals surface area contributed by atoms with Crippen LogP contribution in [-0.4, -0.2) is 15.9 Å². The number of nitrogens with one attached hydrogen (secondary N) is 2. The number of carbonyl (C=O) groups excluding carboxylic acids is 1. The van der Waals surface area contributed by atoms with Crippen LogP contribution in [0, 0.1) is 19.7 Å². The van der Waals surface area contributed by atoms with Crippen molar-refractivity contribution in [2.45, 2.75) is 33.2 Å². The lowest BCUT2D eigenvalue weighted by Gasteiger charge is -2.21. The van der Waals surface area contributed by atoms with Gasteiger partial charge in [-0.05, 0) is 62.2 Å². The number of benzene rings is 2. The minimum absolute atomic E-state index is 0.193. The molecule has 0 saturated heterocycles. The predicted molar refractivity (Wildman–Crippen MR) is 131 cm³/mol. The number of thiophene rings is 1. The van der Waals surface area contributed by atoms with Gasteiger partial charge in [0.05, 0.1) is 6.04 Å². The maximum atomic E-state index is 14.2. The molecule has 0 unspecified atom stereocenters. The van der Waals surface area contributed by atoms with Crippen molar-refractivity contribution >= 4 is 28.2 Å². The highest BCUT2D eigenvalue weighted by Crippen LogP contribution is 2.38. The van der Waals surface area contributed by atoms with Gasteiger partial charge in [-0.25, -0.2) is 14.4 Å². The SMILES string of the molecule is CCc1cc([C@@H](Nc2nc(C)cc(C)n2)c2cccc(F)c2)c(NC(=O)c2ccccc2)s1. The van der Waals surface area contributed by atoms with Gasteiger partial charge in [0.25, 0.3) is 5.91 Å². The van der Waals surface area contributed by atoms with E-state index in [2.05, 4.69) is 33.6 Å². The maximum absolute atomic E-state index is 14.2. The molecule has 0 saturated carbocycles. The smallest absolute Gasteiger partial charge is 0.256 e. The van der Waals surface area contributed by atoms with Crippen LogP contribution < -0.4 is 10.6 Å². The Bertz CT molecular complexity index is 1250. The Morgan fingerprint density at radius 1 is 1.00 bits per heavy atom. The number of halogens is 1. The second-order valence-corrected chi connectivity index (χ2v) is 8.91. The number of hydrogen-bond donors (Lipinski definition) is 2. The lowest BCUT2D eigenvalue weighted by molar-refractivity contribution is 0.102. The molecule has 33 heavy (non-hydrogen) atoms. The molecule has 5 nitrogen and oxygen atoms in total. The van der Waals surface area contributed by atoms with Gasteiger partial charge in [-0.3, -0.25) is 4.79 Å². The summed E-state index contributed by atoms with van der Waals surface area (Å²) in [5, 5.41) is 7.15. The number of nitrogens with zero attached hydrogens (tertiary/aromatic N) is 2. The van der Waals surface area contributed by atoms with Gasteiger partial charge in [0.15, 0.2) is 0 Å². The number of amides is 1. The fraction of sp³-hybridized carbons (Fsp3) is 0.192. The van der Waals surface area contributed by atoms with E-state index in [1.807, 2.05) is 44.2 Å². The molecule has 2 N–H and O–H groups in total. The highest BCUT2D eigenvalue weighted by Gasteiger charge is 2.23. The quantitative estimate of drug-likeness (QED) is 0.339. The fourth-order valence-corrected chi connectivity index (χ4v) is 4.69. The van der Waals surface area contributed by atoms with Gasteiger partial charge < -0.3 is 10.6 Å². The van der Waals surface area contributed by atoms with Crippen LogP contribution in [0.4, 0.5) is 15.3 Å². The monoisotopic (exact) mass is 460 g/mol. The first-order valence-electron chi connectivity index (χ1n) is 10.8. The number of hydrogen-bond acceptors (Lipinski definition) is 5. The van der Waals surface area contributed by atoms with Crippen LogP contribution in [0.15, 0.2) is 66.7 Å². The number of aromatic nitrogens is 2. The summed E-state index contributed by atoms with van der Waals surface area (Å²) in [4.78, 5) is 23.0. The first kappa shape index (κ1) is 22.6. The summed E-state index contributed by atoms with van der Waals surface area (Å²) in [6, 6.07) is 19.0. The van der Waals surface area contributed by atoms with Crippen LogP contribution in [0.3, 0.4) is 0 Å². The van der Waals surface area contributed by atoms with Gasteiger partial charge in [0.2, 0.25) is 5.95 Å². The van der Waals surface area contributed by atoms with Gasteiger partial charge in [0, 0.05) is 27.4 Å². The summed E-state index contributed by atoms with van der Waals surface area (Å²) in [5.41, 5.74) is 3.80. The second kappa shape index (κ2) is 9.92. The van der Waals surface area contributed by atoms with Crippen molar-refractivity contribution < 1.29 is 9.18 Å². The molecule has 1 amide bonds. The fourth-order valence-electron chi connectivity index (χ4n) is 3.66. The van der Waals surface area contributed by atoms with Gasteiger partial charge >= 0.3 is 0 Å². The molecule has 0 radical (unpaired) electrons. The van der Waals surface area contributed by atoms with Crippen molar-refractivity contribution in [2.75, 3.05) is 10.6 Å². The molecule has 2 heterocycles. The Hall–Kier alpha value is -3.58. The van der Waals surface area contributed by atoms with E-state index < -0.39 is 6.04 Å². The largest absolute Gasteiger partial charge is 0.343 e. The summed E-state index contributed by atoms with van der Waals surface area (Å²) in [6.07, 6.45) is 0.814. The zero-order valence-electron chi connectivity index (χ0n) is 18.7. The third-order valence-corrected chi connectivity index (χ3v) is 6.38. The average Bonchev–Trinajstić information content (AvgIpc) is 3.20. The molecule has 2 aromatic carbocycles. The summed E-state index contributed by atoms with van der Waals surface area (Å²) in [7, 11) is 0. The molecular formula is C26H25FN4OS. The Morgan fingerprint density at radius 3 is 2.39 bits per heavy atom. The molecule has 0 fully saturated rings. The summed E-state index contributed by atoms with van der Waals surface area (Å²) in [6.45, 7) is 5.88. The minimum Gasteiger partial charge on any atom is -0.343 e. The standard InChI is InChI=1S/C26H25FN4OS/c1-4-21-15-22(25(33-21)31-24(32)18-9-6-5-7-10-18)23(19-11-8-12-20(27)14-19)30-26-28-16(2)13-17(3)29-26/h5-15,23H,4H2,1-3H3,(H,31,32)(H,28,29,30)/t23-/m0/s1. The molecule has 168 valence electrons. The topological polar surface area (TPSA) is 66.9 Å². The molecule has 0 aliphatic rings. The summed E-state index contributed by atoms with van der Waals surface area (Å²) >= 11 is 1.52. The third kappa shape index (κ3) is 5.43. The van der Waals surface area contributed by atoms with Crippen LogP contribution in [0.5, 0.6) is 0 Å². The molecule has 4 rings (SSSR count). The van der Waals surface area contributed by atoms with Crippen molar-refractivity contribution in [3.8, 4) is 0 Å². The zero-order valence-corrected chi connectivity index (χ0v) is 19.5. The second-order valence-electron chi connectivity index (χ2n) is 7.78. The molecule has 0 bridgehead atoms. The van der Waals surface area contributed by atoms with Crippen LogP contribution in [0.2, 0.25) is 0 Å². The van der Waals surface area contributed by atoms with Crippen molar-refractivity contribution in [1.82, 2.24) is 9.97 Å². The number of rotatable bonds is 7. The van der Waals surface area contributed by atoms with E-state index in [1.54, 1.807) is 18.2 Å². The first-order chi connectivity index (χ1) is 15.9. The number of anilines is 2. The van der Waals surface area contributed by atoms with Crippen molar-refractivity contribution in [2.24, 2.45) is 0 Å². The Labute approximate surface area is 196 Å². The van der Waals surface area contributed by atoms with E-state index in [9.17, 15) is 9.18 Å². The predicted octanol–water partition coefficient (Wildman–Crippen LogP) is 6.31. The van der Waals surface area contributed by atoms with Crippen LogP contribution in [0.25, 0.3) is 0 Å². The highest BCUT2D eigenvalue weighted by atomic mass is 32.1. The molecule has 1 atom stereocenters. The lowest BCUT2D eigenvalue weighted by Crippen LogP contribution is -2.18. The Kier molecular flexibility index (Phi) is 6.79. The van der Waals surface area contributed by atoms with Gasteiger partial charge in [-0.2, -0.15) is 0 Å². The van der Waals surface area contributed by atoms with E-state index in [-0.39, 0.29) is 11.7 Å². The van der Waals surface area contributed by atoms with Crippen molar-refractivity contribution in [1.29, 1.82) is 0 Å².